The van der Waals surface area contributed by atoms with Crippen LogP contribution in [0, 0.1) is 28.4 Å². The fourth-order valence-electron chi connectivity index (χ4n) is 1.98. The van der Waals surface area contributed by atoms with E-state index in [0.717, 1.165) is 25.3 Å². The van der Waals surface area contributed by atoms with Gasteiger partial charge in [0.2, 0.25) is 0 Å². The molecule has 0 heterocycles. The highest BCUT2D eigenvalue weighted by molar-refractivity contribution is 5.23. The summed E-state index contributed by atoms with van der Waals surface area (Å²) in [6.45, 7) is 0. The number of nitrogens with zero attached hydrogens (tertiary/aromatic N) is 1. The van der Waals surface area contributed by atoms with Crippen LogP contribution in [0.5, 0.6) is 0 Å². The van der Waals surface area contributed by atoms with Crippen LogP contribution in [-0.4, -0.2) is 0 Å². The van der Waals surface area contributed by atoms with Crippen LogP contribution >= 0.6 is 0 Å². The zero-order valence-corrected chi connectivity index (χ0v) is 8.26. The lowest BCUT2D eigenvalue weighted by molar-refractivity contribution is 0.211. The van der Waals surface area contributed by atoms with Gasteiger partial charge in [0.15, 0.2) is 11.6 Å². The molecule has 0 N–H and O–H groups in total. The molecule has 0 spiro atoms. The second kappa shape index (κ2) is 3.62. The molecular formula is C12H11F2N. The van der Waals surface area contributed by atoms with Crippen molar-refractivity contribution < 1.29 is 8.78 Å². The molecule has 3 heteroatoms. The quantitative estimate of drug-likeness (QED) is 0.730. The van der Waals surface area contributed by atoms with Gasteiger partial charge in [0.25, 0.3) is 0 Å². The molecule has 0 radical (unpaired) electrons. The van der Waals surface area contributed by atoms with Crippen molar-refractivity contribution in [1.29, 1.82) is 5.26 Å². The van der Waals surface area contributed by atoms with Crippen molar-refractivity contribution in [2.24, 2.45) is 5.41 Å². The minimum absolute atomic E-state index is 0.316. The van der Waals surface area contributed by atoms with Gasteiger partial charge in [0, 0.05) is 0 Å². The molecule has 2 rings (SSSR count). The molecule has 1 aliphatic carbocycles. The van der Waals surface area contributed by atoms with E-state index in [9.17, 15) is 8.78 Å². The van der Waals surface area contributed by atoms with E-state index in [4.69, 9.17) is 5.26 Å². The lowest BCUT2D eigenvalue weighted by Crippen LogP contribution is -2.30. The van der Waals surface area contributed by atoms with Gasteiger partial charge in [-0.25, -0.2) is 8.78 Å². The SMILES string of the molecule is N#CC1(Cc2cccc(F)c2F)CCC1. The van der Waals surface area contributed by atoms with Crippen molar-refractivity contribution >= 4 is 0 Å². The lowest BCUT2D eigenvalue weighted by Gasteiger charge is -2.35. The summed E-state index contributed by atoms with van der Waals surface area (Å²) in [5, 5.41) is 8.99. The van der Waals surface area contributed by atoms with Crippen LogP contribution < -0.4 is 0 Å². The maximum atomic E-state index is 13.3. The van der Waals surface area contributed by atoms with Gasteiger partial charge in [-0.05, 0) is 30.9 Å². The van der Waals surface area contributed by atoms with E-state index in [1.54, 1.807) is 6.07 Å². The summed E-state index contributed by atoms with van der Waals surface area (Å²) < 4.78 is 26.3. The summed E-state index contributed by atoms with van der Waals surface area (Å²) >= 11 is 0. The number of halogens is 2. The Labute approximate surface area is 87.3 Å². The summed E-state index contributed by atoms with van der Waals surface area (Å²) in [5.41, 5.74) is -0.134. The minimum atomic E-state index is -0.833. The van der Waals surface area contributed by atoms with Crippen LogP contribution in [0.25, 0.3) is 0 Å². The molecule has 1 aliphatic rings. The fourth-order valence-corrected chi connectivity index (χ4v) is 1.98. The first kappa shape index (κ1) is 10.1. The van der Waals surface area contributed by atoms with Gasteiger partial charge in [-0.1, -0.05) is 18.6 Å². The molecule has 0 aromatic heterocycles. The molecule has 0 saturated heterocycles. The topological polar surface area (TPSA) is 23.8 Å². The van der Waals surface area contributed by atoms with E-state index in [-0.39, 0.29) is 0 Å². The largest absolute Gasteiger partial charge is 0.204 e. The number of hydrogen-bond acceptors (Lipinski definition) is 1. The van der Waals surface area contributed by atoms with Crippen LogP contribution in [0.3, 0.4) is 0 Å². The highest BCUT2D eigenvalue weighted by atomic mass is 19.2. The van der Waals surface area contributed by atoms with Crippen LogP contribution in [0.15, 0.2) is 18.2 Å². The molecule has 1 fully saturated rings. The standard InChI is InChI=1S/C12H11F2N/c13-10-4-1-3-9(11(10)14)7-12(8-15)5-2-6-12/h1,3-4H,2,5-7H2. The molecule has 1 aromatic rings. The third-order valence-electron chi connectivity index (χ3n) is 3.11. The third kappa shape index (κ3) is 1.72. The summed E-state index contributed by atoms with van der Waals surface area (Å²) in [7, 11) is 0. The van der Waals surface area contributed by atoms with Crippen molar-refractivity contribution in [1.82, 2.24) is 0 Å². The maximum Gasteiger partial charge on any atom is 0.162 e. The summed E-state index contributed by atoms with van der Waals surface area (Å²) in [4.78, 5) is 0. The average Bonchev–Trinajstić information content (AvgIpc) is 2.18. The Morgan fingerprint density at radius 1 is 1.33 bits per heavy atom. The highest BCUT2D eigenvalue weighted by Crippen LogP contribution is 2.43. The normalized spacial score (nSPS) is 17.9. The van der Waals surface area contributed by atoms with Gasteiger partial charge in [-0.2, -0.15) is 5.26 Å². The van der Waals surface area contributed by atoms with Gasteiger partial charge < -0.3 is 0 Å². The molecule has 0 aliphatic heterocycles. The summed E-state index contributed by atoms with van der Waals surface area (Å²) in [5.74, 6) is -1.64. The van der Waals surface area contributed by atoms with E-state index in [2.05, 4.69) is 6.07 Å². The molecular weight excluding hydrogens is 196 g/mol. The first-order chi connectivity index (χ1) is 7.17. The number of benzene rings is 1. The smallest absolute Gasteiger partial charge is 0.162 e. The average molecular weight is 207 g/mol. The molecule has 1 saturated carbocycles. The maximum absolute atomic E-state index is 13.3. The Morgan fingerprint density at radius 3 is 2.60 bits per heavy atom. The van der Waals surface area contributed by atoms with Crippen molar-refractivity contribution in [3.63, 3.8) is 0 Å². The first-order valence-corrected chi connectivity index (χ1v) is 5.01. The summed E-state index contributed by atoms with van der Waals surface area (Å²) in [6.07, 6.45) is 2.91. The molecule has 0 unspecified atom stereocenters. The van der Waals surface area contributed by atoms with Gasteiger partial charge in [-0.15, -0.1) is 0 Å². The first-order valence-electron chi connectivity index (χ1n) is 5.01. The molecule has 0 amide bonds. The van der Waals surface area contributed by atoms with Gasteiger partial charge in [-0.3, -0.25) is 0 Å². The van der Waals surface area contributed by atoms with E-state index >= 15 is 0 Å². The van der Waals surface area contributed by atoms with Crippen LogP contribution in [0.2, 0.25) is 0 Å². The van der Waals surface area contributed by atoms with E-state index in [1.807, 2.05) is 0 Å². The third-order valence-corrected chi connectivity index (χ3v) is 3.11. The lowest BCUT2D eigenvalue weighted by atomic mass is 9.66. The van der Waals surface area contributed by atoms with Crippen molar-refractivity contribution in [3.8, 4) is 6.07 Å². The molecule has 15 heavy (non-hydrogen) atoms. The van der Waals surface area contributed by atoms with E-state index in [1.165, 1.54) is 6.07 Å². The molecule has 0 atom stereocenters. The van der Waals surface area contributed by atoms with E-state index < -0.39 is 17.0 Å². The molecule has 1 aromatic carbocycles. The van der Waals surface area contributed by atoms with Crippen LogP contribution in [0.1, 0.15) is 24.8 Å². The molecule has 1 nitrogen and oxygen atoms in total. The molecule has 78 valence electrons. The Bertz CT molecular complexity index is 416. The Morgan fingerprint density at radius 2 is 2.07 bits per heavy atom. The van der Waals surface area contributed by atoms with Crippen molar-refractivity contribution in [3.05, 3.63) is 35.4 Å². The van der Waals surface area contributed by atoms with Crippen LogP contribution in [-0.2, 0) is 6.42 Å². The van der Waals surface area contributed by atoms with Gasteiger partial charge in [0.1, 0.15) is 0 Å². The minimum Gasteiger partial charge on any atom is -0.204 e. The van der Waals surface area contributed by atoms with Crippen molar-refractivity contribution in [2.45, 2.75) is 25.7 Å². The van der Waals surface area contributed by atoms with Gasteiger partial charge in [0.05, 0.1) is 11.5 Å². The van der Waals surface area contributed by atoms with Crippen molar-refractivity contribution in [2.75, 3.05) is 0 Å². The summed E-state index contributed by atoms with van der Waals surface area (Å²) in [6, 6.07) is 6.35. The Kier molecular flexibility index (Phi) is 2.44. The van der Waals surface area contributed by atoms with Gasteiger partial charge >= 0.3 is 0 Å². The zero-order valence-electron chi connectivity index (χ0n) is 8.26. The number of rotatable bonds is 2. The predicted octanol–water partition coefficient (Wildman–Crippen LogP) is 3.20. The Balaban J connectivity index is 2.25. The number of nitriles is 1. The number of hydrogen-bond donors (Lipinski definition) is 0. The second-order valence-electron chi connectivity index (χ2n) is 4.14. The second-order valence-corrected chi connectivity index (χ2v) is 4.14. The fraction of sp³-hybridized carbons (Fsp3) is 0.417. The van der Waals surface area contributed by atoms with E-state index in [0.29, 0.717) is 12.0 Å². The Hall–Kier alpha value is -1.43. The predicted molar refractivity (Wildman–Crippen MR) is 52.0 cm³/mol. The monoisotopic (exact) mass is 207 g/mol. The zero-order chi connectivity index (χ0) is 10.9. The molecule has 0 bridgehead atoms. The highest BCUT2D eigenvalue weighted by Gasteiger charge is 2.37. The van der Waals surface area contributed by atoms with Crippen LogP contribution in [0.4, 0.5) is 8.78 Å².